The maximum atomic E-state index is 6.20. The molecule has 0 fully saturated rings. The lowest BCUT2D eigenvalue weighted by Crippen LogP contribution is -2.01. The summed E-state index contributed by atoms with van der Waals surface area (Å²) in [6.45, 7) is 0. The number of nitrogens with zero attached hydrogens (tertiary/aromatic N) is 4. The van der Waals surface area contributed by atoms with Crippen LogP contribution in [0.5, 0.6) is 0 Å². The van der Waals surface area contributed by atoms with E-state index < -0.39 is 0 Å². The zero-order valence-electron chi connectivity index (χ0n) is 25.1. The van der Waals surface area contributed by atoms with Gasteiger partial charge in [-0.05, 0) is 49.8 Å². The number of hydrogen-bond donors (Lipinski definition) is 0. The van der Waals surface area contributed by atoms with E-state index in [0.29, 0.717) is 23.1 Å². The van der Waals surface area contributed by atoms with Gasteiger partial charge in [0.1, 0.15) is 5.58 Å². The lowest BCUT2D eigenvalue weighted by Gasteiger charge is -2.13. The molecule has 0 aliphatic rings. The smallest absolute Gasteiger partial charge is 0.166 e. The van der Waals surface area contributed by atoms with E-state index >= 15 is 0 Å². The van der Waals surface area contributed by atoms with Crippen LogP contribution in [0, 0.1) is 0 Å². The summed E-state index contributed by atoms with van der Waals surface area (Å²) in [5.41, 5.74) is 4.16. The molecule has 47 heavy (non-hydrogen) atoms. The number of aromatic nitrogens is 4. The van der Waals surface area contributed by atoms with Gasteiger partial charge in [0.25, 0.3) is 0 Å². The van der Waals surface area contributed by atoms with E-state index in [1.165, 1.54) is 16.2 Å². The Bertz CT molecular complexity index is 2870. The summed E-state index contributed by atoms with van der Waals surface area (Å²) in [4.78, 5) is 20.1. The van der Waals surface area contributed by atoms with Crippen LogP contribution in [0.1, 0.15) is 0 Å². The fourth-order valence-corrected chi connectivity index (χ4v) is 6.98. The molecule has 10 aromatic rings. The van der Waals surface area contributed by atoms with Gasteiger partial charge < -0.3 is 4.42 Å². The summed E-state index contributed by atoms with van der Waals surface area (Å²) >= 11 is 0. The van der Waals surface area contributed by atoms with Crippen LogP contribution in [-0.2, 0) is 0 Å². The molecular formula is C42H24N4O. The minimum absolute atomic E-state index is 0.547. The molecule has 0 spiro atoms. The number of hydrogen-bond acceptors (Lipinski definition) is 5. The predicted octanol–water partition coefficient (Wildman–Crippen LogP) is 10.8. The number of rotatable bonds is 3. The highest BCUT2D eigenvalue weighted by molar-refractivity contribution is 6.20. The van der Waals surface area contributed by atoms with Crippen LogP contribution in [0.25, 0.3) is 99.2 Å². The van der Waals surface area contributed by atoms with Crippen LogP contribution < -0.4 is 0 Å². The second-order valence-corrected chi connectivity index (χ2v) is 11.9. The Morgan fingerprint density at radius 1 is 0.383 bits per heavy atom. The van der Waals surface area contributed by atoms with E-state index in [4.69, 9.17) is 19.4 Å². The topological polar surface area (TPSA) is 64.7 Å². The molecule has 0 saturated heterocycles. The van der Waals surface area contributed by atoms with Gasteiger partial charge in [-0.2, -0.15) is 0 Å². The first kappa shape index (κ1) is 25.8. The molecule has 0 N–H and O–H groups in total. The van der Waals surface area contributed by atoms with Crippen LogP contribution in [0.4, 0.5) is 0 Å². The Balaban J connectivity index is 1.29. The van der Waals surface area contributed by atoms with Crippen molar-refractivity contribution < 1.29 is 4.42 Å². The molecule has 0 radical (unpaired) electrons. The van der Waals surface area contributed by atoms with Crippen LogP contribution in [-0.4, -0.2) is 19.9 Å². The molecule has 218 valence electrons. The van der Waals surface area contributed by atoms with Gasteiger partial charge in [0.15, 0.2) is 23.1 Å². The zero-order chi connectivity index (χ0) is 30.9. The molecule has 0 aliphatic heterocycles. The maximum Gasteiger partial charge on any atom is 0.166 e. The summed E-state index contributed by atoms with van der Waals surface area (Å²) < 4.78 is 6.20. The van der Waals surface area contributed by atoms with Crippen molar-refractivity contribution in [2.75, 3.05) is 0 Å². The van der Waals surface area contributed by atoms with Gasteiger partial charge in [-0.25, -0.2) is 15.0 Å². The monoisotopic (exact) mass is 600 g/mol. The van der Waals surface area contributed by atoms with Crippen molar-refractivity contribution in [3.05, 3.63) is 146 Å². The van der Waals surface area contributed by atoms with Crippen molar-refractivity contribution in [3.63, 3.8) is 0 Å². The highest BCUT2D eigenvalue weighted by Crippen LogP contribution is 2.39. The minimum atomic E-state index is 0.547. The van der Waals surface area contributed by atoms with Crippen molar-refractivity contribution in [3.8, 4) is 34.2 Å². The summed E-state index contributed by atoms with van der Waals surface area (Å²) in [6, 6.07) is 46.4. The van der Waals surface area contributed by atoms with Crippen LogP contribution >= 0.6 is 0 Å². The molecule has 0 saturated carbocycles. The molecule has 5 heteroatoms. The van der Waals surface area contributed by atoms with Crippen molar-refractivity contribution in [1.29, 1.82) is 0 Å². The van der Waals surface area contributed by atoms with Crippen molar-refractivity contribution in [2.45, 2.75) is 0 Å². The van der Waals surface area contributed by atoms with Gasteiger partial charge in [0.2, 0.25) is 0 Å². The molecule has 0 unspecified atom stereocenters. The predicted molar refractivity (Wildman–Crippen MR) is 191 cm³/mol. The third-order valence-corrected chi connectivity index (χ3v) is 9.18. The molecule has 3 aromatic heterocycles. The number of benzene rings is 7. The van der Waals surface area contributed by atoms with Gasteiger partial charge in [-0.1, -0.05) is 121 Å². The lowest BCUT2D eigenvalue weighted by molar-refractivity contribution is 0.667. The molecule has 0 aliphatic carbocycles. The number of pyridine rings is 1. The lowest BCUT2D eigenvalue weighted by atomic mass is 9.94. The van der Waals surface area contributed by atoms with E-state index in [-0.39, 0.29) is 0 Å². The van der Waals surface area contributed by atoms with E-state index in [2.05, 4.69) is 120 Å². The Morgan fingerprint density at radius 3 is 1.98 bits per heavy atom. The average molecular weight is 601 g/mol. The maximum absolute atomic E-state index is 6.20. The summed E-state index contributed by atoms with van der Waals surface area (Å²) in [6.07, 6.45) is 3.59. The molecule has 7 aromatic carbocycles. The second kappa shape index (κ2) is 10.0. The largest absolute Gasteiger partial charge is 0.454 e. The summed E-state index contributed by atoms with van der Waals surface area (Å²) in [5.74, 6) is 1.75. The number of furan rings is 1. The molecular weight excluding hydrogens is 576 g/mol. The number of para-hydroxylation sites is 1. The standard InChI is InChI=1S/C42H24N4O/c1-2-10-28-22-29(17-16-25(28)8-1)40-44-41(46-42(45-40)35-23-43-24-37-39(35)33-13-5-6-15-36(33)47-37)34-14-7-11-27-19-20-31-30-12-4-3-9-26(30)18-21-32(31)38(27)34/h1-24H. The van der Waals surface area contributed by atoms with Crippen molar-refractivity contribution in [2.24, 2.45) is 0 Å². The Labute approximate surface area is 268 Å². The van der Waals surface area contributed by atoms with Crippen LogP contribution in [0.15, 0.2) is 150 Å². The van der Waals surface area contributed by atoms with E-state index in [1.54, 1.807) is 6.20 Å². The van der Waals surface area contributed by atoms with Gasteiger partial charge in [-0.15, -0.1) is 0 Å². The van der Waals surface area contributed by atoms with Crippen molar-refractivity contribution in [1.82, 2.24) is 19.9 Å². The Morgan fingerprint density at radius 2 is 1.06 bits per heavy atom. The molecule has 5 nitrogen and oxygen atoms in total. The first-order valence-electron chi connectivity index (χ1n) is 15.6. The SMILES string of the molecule is c1ccc2cc(-c3nc(-c4cccc5ccc6c7ccccc7ccc6c45)nc(-c4cncc5oc6ccccc6c45)n3)ccc2c1. The van der Waals surface area contributed by atoms with Gasteiger partial charge in [-0.3, -0.25) is 4.98 Å². The molecule has 0 atom stereocenters. The molecule has 10 rings (SSSR count). The minimum Gasteiger partial charge on any atom is -0.454 e. The quantitative estimate of drug-likeness (QED) is 0.189. The normalized spacial score (nSPS) is 11.8. The molecule has 3 heterocycles. The Hall–Kier alpha value is -6.46. The van der Waals surface area contributed by atoms with Gasteiger partial charge in [0, 0.05) is 39.0 Å². The summed E-state index contributed by atoms with van der Waals surface area (Å²) in [5, 5.41) is 11.3. The molecule has 0 bridgehead atoms. The van der Waals surface area contributed by atoms with Crippen molar-refractivity contribution >= 4 is 65.0 Å². The third-order valence-electron chi connectivity index (χ3n) is 9.18. The first-order valence-corrected chi connectivity index (χ1v) is 15.6. The first-order chi connectivity index (χ1) is 23.3. The van der Waals surface area contributed by atoms with E-state index in [9.17, 15) is 0 Å². The third kappa shape index (κ3) is 4.03. The van der Waals surface area contributed by atoms with Crippen LogP contribution in [0.2, 0.25) is 0 Å². The fourth-order valence-electron chi connectivity index (χ4n) is 6.98. The van der Waals surface area contributed by atoms with Gasteiger partial charge in [0.05, 0.1) is 6.20 Å². The average Bonchev–Trinajstić information content (AvgIpc) is 3.53. The van der Waals surface area contributed by atoms with Gasteiger partial charge >= 0.3 is 0 Å². The van der Waals surface area contributed by atoms with E-state index in [1.807, 2.05) is 24.4 Å². The van der Waals surface area contributed by atoms with E-state index in [0.717, 1.165) is 60.0 Å². The Kier molecular flexibility index (Phi) is 5.51. The molecule has 0 amide bonds. The number of fused-ring (bicyclic) bond motifs is 9. The second-order valence-electron chi connectivity index (χ2n) is 11.9. The highest BCUT2D eigenvalue weighted by Gasteiger charge is 2.20. The fraction of sp³-hybridized carbons (Fsp3) is 0. The zero-order valence-corrected chi connectivity index (χ0v) is 25.1. The highest BCUT2D eigenvalue weighted by atomic mass is 16.3. The van der Waals surface area contributed by atoms with Crippen LogP contribution in [0.3, 0.4) is 0 Å². The summed E-state index contributed by atoms with van der Waals surface area (Å²) in [7, 11) is 0.